The van der Waals surface area contributed by atoms with E-state index in [1.807, 2.05) is 29.5 Å². The molecule has 1 saturated heterocycles. The summed E-state index contributed by atoms with van der Waals surface area (Å²) in [4.78, 5) is 19.4. The van der Waals surface area contributed by atoms with Crippen molar-refractivity contribution in [2.75, 3.05) is 38.0 Å². The number of piperazine rings is 1. The lowest BCUT2D eigenvalue weighted by Crippen LogP contribution is -2.48. The number of imidazole rings is 1. The molecule has 1 amide bonds. The Morgan fingerprint density at radius 1 is 1.07 bits per heavy atom. The summed E-state index contributed by atoms with van der Waals surface area (Å²) in [5, 5.41) is 2.78. The molecule has 8 nitrogen and oxygen atoms in total. The van der Waals surface area contributed by atoms with Crippen LogP contribution in [0.3, 0.4) is 0 Å². The first-order chi connectivity index (χ1) is 14.4. The molecule has 1 aliphatic rings. The van der Waals surface area contributed by atoms with Gasteiger partial charge in [-0.1, -0.05) is 13.0 Å². The number of likely N-dealkylation sites (N-methyl/N-ethyl adjacent to an activating group) is 1. The van der Waals surface area contributed by atoms with Crippen molar-refractivity contribution in [1.82, 2.24) is 18.6 Å². The van der Waals surface area contributed by atoms with Crippen molar-refractivity contribution in [3.8, 4) is 0 Å². The van der Waals surface area contributed by atoms with Crippen LogP contribution < -0.4 is 5.32 Å². The molecule has 0 aliphatic carbocycles. The van der Waals surface area contributed by atoms with Crippen LogP contribution in [-0.4, -0.2) is 65.6 Å². The number of rotatable bonds is 5. The van der Waals surface area contributed by atoms with Crippen LogP contribution in [-0.2, 0) is 10.0 Å². The topological polar surface area (TPSA) is 87.0 Å². The normalized spacial score (nSPS) is 16.1. The van der Waals surface area contributed by atoms with Crippen molar-refractivity contribution in [2.24, 2.45) is 0 Å². The van der Waals surface area contributed by atoms with E-state index in [-0.39, 0.29) is 10.8 Å². The number of hydrogen-bond acceptors (Lipinski definition) is 5. The molecule has 30 heavy (non-hydrogen) atoms. The molecule has 2 aromatic heterocycles. The van der Waals surface area contributed by atoms with Gasteiger partial charge in [-0.3, -0.25) is 4.79 Å². The number of hydrogen-bond donors (Lipinski definition) is 1. The number of fused-ring (bicyclic) bond motifs is 1. The molecule has 0 bridgehead atoms. The predicted octanol–water partition coefficient (Wildman–Crippen LogP) is 2.22. The van der Waals surface area contributed by atoms with E-state index in [9.17, 15) is 13.2 Å². The molecule has 0 spiro atoms. The van der Waals surface area contributed by atoms with Crippen molar-refractivity contribution in [3.63, 3.8) is 0 Å². The summed E-state index contributed by atoms with van der Waals surface area (Å²) >= 11 is 0. The van der Waals surface area contributed by atoms with Crippen molar-refractivity contribution in [2.45, 2.75) is 18.7 Å². The molecule has 9 heteroatoms. The van der Waals surface area contributed by atoms with Crippen molar-refractivity contribution >= 4 is 27.3 Å². The van der Waals surface area contributed by atoms with Gasteiger partial charge < -0.3 is 14.6 Å². The van der Waals surface area contributed by atoms with Gasteiger partial charge in [0.2, 0.25) is 10.0 Å². The number of amides is 1. The zero-order chi connectivity index (χ0) is 21.3. The molecular weight excluding hydrogens is 402 g/mol. The SMILES string of the molecule is CCN1CCN(S(=O)(=O)c2ccc(NC(=O)c3cn4c(C)cccc4n3)cc2)CC1. The number of aryl methyl sites for hydroxylation is 1. The first-order valence-electron chi connectivity index (χ1n) is 9.97. The van der Waals surface area contributed by atoms with Gasteiger partial charge in [0.15, 0.2) is 0 Å². The number of carbonyl (C=O) groups is 1. The Hall–Kier alpha value is -2.75. The van der Waals surface area contributed by atoms with Gasteiger partial charge in [0.25, 0.3) is 5.91 Å². The summed E-state index contributed by atoms with van der Waals surface area (Å²) in [6.45, 7) is 7.39. The summed E-state index contributed by atoms with van der Waals surface area (Å²) in [7, 11) is -3.53. The van der Waals surface area contributed by atoms with Gasteiger partial charge in [-0.2, -0.15) is 4.31 Å². The fourth-order valence-corrected chi connectivity index (χ4v) is 5.02. The summed E-state index contributed by atoms with van der Waals surface area (Å²) in [6.07, 6.45) is 1.69. The monoisotopic (exact) mass is 427 g/mol. The lowest BCUT2D eigenvalue weighted by Gasteiger charge is -2.33. The molecule has 158 valence electrons. The van der Waals surface area contributed by atoms with Crippen LogP contribution in [0.5, 0.6) is 0 Å². The lowest BCUT2D eigenvalue weighted by molar-refractivity contribution is 0.102. The number of carbonyl (C=O) groups excluding carboxylic acids is 1. The Balaban J connectivity index is 1.46. The molecule has 3 heterocycles. The zero-order valence-electron chi connectivity index (χ0n) is 17.1. The Kier molecular flexibility index (Phi) is 5.59. The highest BCUT2D eigenvalue weighted by molar-refractivity contribution is 7.89. The van der Waals surface area contributed by atoms with Crippen molar-refractivity contribution < 1.29 is 13.2 Å². The second kappa shape index (κ2) is 8.17. The molecular formula is C21H25N5O3S. The van der Waals surface area contributed by atoms with E-state index in [0.717, 1.165) is 25.3 Å². The molecule has 0 atom stereocenters. The van der Waals surface area contributed by atoms with Crippen molar-refractivity contribution in [1.29, 1.82) is 0 Å². The number of sulfonamides is 1. The first-order valence-corrected chi connectivity index (χ1v) is 11.4. The van der Waals surface area contributed by atoms with Crippen LogP contribution in [0, 0.1) is 6.92 Å². The first kappa shape index (κ1) is 20.5. The molecule has 1 aromatic carbocycles. The van der Waals surface area contributed by atoms with Crippen molar-refractivity contribution in [3.05, 3.63) is 60.0 Å². The Morgan fingerprint density at radius 2 is 1.77 bits per heavy atom. The van der Waals surface area contributed by atoms with Crippen LogP contribution in [0.25, 0.3) is 5.65 Å². The van der Waals surface area contributed by atoms with Gasteiger partial charge in [0, 0.05) is 43.8 Å². The Labute approximate surface area is 176 Å². The standard InChI is InChI=1S/C21H25N5O3S/c1-3-24-11-13-25(14-12-24)30(28,29)18-9-7-17(8-10-18)22-21(27)19-15-26-16(2)5-4-6-20(26)23-19/h4-10,15H,3,11-14H2,1-2H3,(H,22,27). The molecule has 0 unspecified atom stereocenters. The quantitative estimate of drug-likeness (QED) is 0.675. The molecule has 1 aliphatic heterocycles. The third-order valence-electron chi connectivity index (χ3n) is 5.46. The summed E-state index contributed by atoms with van der Waals surface area (Å²) in [6, 6.07) is 11.9. The predicted molar refractivity (Wildman–Crippen MR) is 115 cm³/mol. The average Bonchev–Trinajstić information content (AvgIpc) is 3.20. The maximum Gasteiger partial charge on any atom is 0.275 e. The van der Waals surface area contributed by atoms with Crippen LogP contribution in [0.1, 0.15) is 23.1 Å². The highest BCUT2D eigenvalue weighted by atomic mass is 32.2. The van der Waals surface area contributed by atoms with E-state index in [2.05, 4.69) is 22.1 Å². The van der Waals surface area contributed by atoms with Gasteiger partial charge >= 0.3 is 0 Å². The van der Waals surface area contributed by atoms with Crippen LogP contribution in [0.4, 0.5) is 5.69 Å². The highest BCUT2D eigenvalue weighted by Gasteiger charge is 2.28. The van der Waals surface area contributed by atoms with Gasteiger partial charge in [0.05, 0.1) is 4.90 Å². The number of aromatic nitrogens is 2. The van der Waals surface area contributed by atoms with Gasteiger partial charge in [-0.15, -0.1) is 0 Å². The van der Waals surface area contributed by atoms with E-state index in [1.165, 1.54) is 16.4 Å². The Morgan fingerprint density at radius 3 is 2.40 bits per heavy atom. The second-order valence-corrected chi connectivity index (χ2v) is 9.28. The van der Waals surface area contributed by atoms with Gasteiger partial charge in [-0.05, 0) is 49.9 Å². The summed E-state index contributed by atoms with van der Waals surface area (Å²) in [5.41, 5.74) is 2.50. The van der Waals surface area contributed by atoms with E-state index in [0.29, 0.717) is 30.1 Å². The fraction of sp³-hybridized carbons (Fsp3) is 0.333. The summed E-state index contributed by atoms with van der Waals surface area (Å²) in [5.74, 6) is -0.343. The van der Waals surface area contributed by atoms with Gasteiger partial charge in [-0.25, -0.2) is 13.4 Å². The number of nitrogens with one attached hydrogen (secondary N) is 1. The number of nitrogens with zero attached hydrogens (tertiary/aromatic N) is 4. The minimum atomic E-state index is -3.53. The highest BCUT2D eigenvalue weighted by Crippen LogP contribution is 2.20. The van der Waals surface area contributed by atoms with E-state index in [4.69, 9.17) is 0 Å². The third-order valence-corrected chi connectivity index (χ3v) is 7.37. The zero-order valence-corrected chi connectivity index (χ0v) is 17.9. The molecule has 4 rings (SSSR count). The number of benzene rings is 1. The molecule has 0 radical (unpaired) electrons. The van der Waals surface area contributed by atoms with E-state index < -0.39 is 10.0 Å². The fourth-order valence-electron chi connectivity index (χ4n) is 3.60. The van der Waals surface area contributed by atoms with Gasteiger partial charge in [0.1, 0.15) is 11.3 Å². The minimum absolute atomic E-state index is 0.230. The smallest absolute Gasteiger partial charge is 0.275 e. The molecule has 3 aromatic rings. The second-order valence-electron chi connectivity index (χ2n) is 7.34. The summed E-state index contributed by atoms with van der Waals surface area (Å²) < 4.78 is 29.1. The van der Waals surface area contributed by atoms with Crippen LogP contribution >= 0.6 is 0 Å². The van der Waals surface area contributed by atoms with E-state index in [1.54, 1.807) is 18.3 Å². The largest absolute Gasteiger partial charge is 0.321 e. The number of anilines is 1. The third kappa shape index (κ3) is 3.96. The van der Waals surface area contributed by atoms with E-state index >= 15 is 0 Å². The maximum atomic E-state index is 12.9. The molecule has 0 saturated carbocycles. The maximum absolute atomic E-state index is 12.9. The lowest BCUT2D eigenvalue weighted by atomic mass is 10.3. The minimum Gasteiger partial charge on any atom is -0.321 e. The Bertz CT molecular complexity index is 1160. The average molecular weight is 428 g/mol. The molecule has 1 fully saturated rings. The van der Waals surface area contributed by atoms with Crippen LogP contribution in [0.2, 0.25) is 0 Å². The van der Waals surface area contributed by atoms with Crippen LogP contribution in [0.15, 0.2) is 53.6 Å². The molecule has 1 N–H and O–H groups in total. The number of pyridine rings is 1.